The molecular weight excluding hydrogens is 254 g/mol. The summed E-state index contributed by atoms with van der Waals surface area (Å²) in [7, 11) is 0. The molecule has 1 aliphatic heterocycles. The zero-order valence-electron chi connectivity index (χ0n) is 11.9. The van der Waals surface area contributed by atoms with Crippen LogP contribution < -0.4 is 10.2 Å². The molecule has 1 aromatic rings. The average molecular weight is 275 g/mol. The maximum absolute atomic E-state index is 5.60. The highest BCUT2D eigenvalue weighted by Crippen LogP contribution is 2.39. The summed E-state index contributed by atoms with van der Waals surface area (Å²) in [5, 5.41) is 3.41. The monoisotopic (exact) mass is 275 g/mol. The molecular formula is C14H21N5O. The van der Waals surface area contributed by atoms with Crippen LogP contribution in [0, 0.1) is 0 Å². The molecule has 0 bridgehead atoms. The van der Waals surface area contributed by atoms with E-state index in [0.717, 1.165) is 37.4 Å². The summed E-state index contributed by atoms with van der Waals surface area (Å²) in [5.74, 6) is 3.10. The standard InChI is InChI=1S/C14H21N5O/c1-9-8-19(6-7-20-9)14-17-12(10-2-3-10)16-13(18-14)15-11-4-5-11/h9-11H,2-8H2,1H3,(H,15,16,17,18). The van der Waals surface area contributed by atoms with E-state index in [0.29, 0.717) is 12.0 Å². The normalized spacial score (nSPS) is 26.6. The summed E-state index contributed by atoms with van der Waals surface area (Å²) in [4.78, 5) is 16.1. The van der Waals surface area contributed by atoms with Gasteiger partial charge < -0.3 is 15.0 Å². The molecule has 1 unspecified atom stereocenters. The lowest BCUT2D eigenvalue weighted by Crippen LogP contribution is -2.42. The predicted molar refractivity (Wildman–Crippen MR) is 76.1 cm³/mol. The summed E-state index contributed by atoms with van der Waals surface area (Å²) in [6, 6.07) is 0.570. The zero-order chi connectivity index (χ0) is 13.5. The number of anilines is 2. The molecule has 2 heterocycles. The molecule has 2 saturated carbocycles. The third-order valence-electron chi connectivity index (χ3n) is 4.02. The van der Waals surface area contributed by atoms with Crippen molar-refractivity contribution in [2.75, 3.05) is 29.9 Å². The van der Waals surface area contributed by atoms with Gasteiger partial charge in [-0.2, -0.15) is 15.0 Å². The molecule has 1 saturated heterocycles. The fourth-order valence-electron chi connectivity index (χ4n) is 2.52. The van der Waals surface area contributed by atoms with Crippen molar-refractivity contribution < 1.29 is 4.74 Å². The van der Waals surface area contributed by atoms with Crippen LogP contribution >= 0.6 is 0 Å². The van der Waals surface area contributed by atoms with Crippen LogP contribution in [0.3, 0.4) is 0 Å². The van der Waals surface area contributed by atoms with Gasteiger partial charge in [-0.3, -0.25) is 0 Å². The van der Waals surface area contributed by atoms with Gasteiger partial charge in [0.15, 0.2) is 0 Å². The smallest absolute Gasteiger partial charge is 0.230 e. The number of morpholine rings is 1. The number of aromatic nitrogens is 3. The van der Waals surface area contributed by atoms with E-state index in [2.05, 4.69) is 32.1 Å². The van der Waals surface area contributed by atoms with E-state index < -0.39 is 0 Å². The number of hydrogen-bond acceptors (Lipinski definition) is 6. The lowest BCUT2D eigenvalue weighted by atomic mass is 10.3. The fraction of sp³-hybridized carbons (Fsp3) is 0.786. The van der Waals surface area contributed by atoms with Crippen molar-refractivity contribution in [2.45, 2.75) is 50.7 Å². The summed E-state index contributed by atoms with van der Waals surface area (Å²) in [6.45, 7) is 4.56. The van der Waals surface area contributed by atoms with E-state index in [1.54, 1.807) is 0 Å². The molecule has 0 aromatic carbocycles. The lowest BCUT2D eigenvalue weighted by Gasteiger charge is -2.31. The van der Waals surface area contributed by atoms with Gasteiger partial charge in [0.25, 0.3) is 0 Å². The Morgan fingerprint density at radius 3 is 2.70 bits per heavy atom. The van der Waals surface area contributed by atoms with Crippen molar-refractivity contribution in [3.05, 3.63) is 5.82 Å². The second-order valence-corrected chi connectivity index (χ2v) is 6.14. The van der Waals surface area contributed by atoms with E-state index in [1.807, 2.05) is 0 Å². The third-order valence-corrected chi connectivity index (χ3v) is 4.02. The van der Waals surface area contributed by atoms with Crippen molar-refractivity contribution in [3.8, 4) is 0 Å². The topological polar surface area (TPSA) is 63.2 Å². The van der Waals surface area contributed by atoms with Gasteiger partial charge in [-0.15, -0.1) is 0 Å². The highest BCUT2D eigenvalue weighted by Gasteiger charge is 2.30. The van der Waals surface area contributed by atoms with E-state index in [9.17, 15) is 0 Å². The minimum atomic E-state index is 0.240. The third kappa shape index (κ3) is 2.70. The highest BCUT2D eigenvalue weighted by molar-refractivity contribution is 5.40. The molecule has 0 radical (unpaired) electrons. The molecule has 0 spiro atoms. The van der Waals surface area contributed by atoms with Crippen LogP contribution in [0.1, 0.15) is 44.3 Å². The predicted octanol–water partition coefficient (Wildman–Crippen LogP) is 1.55. The van der Waals surface area contributed by atoms with Crippen molar-refractivity contribution in [1.29, 1.82) is 0 Å². The number of nitrogens with zero attached hydrogens (tertiary/aromatic N) is 4. The van der Waals surface area contributed by atoms with Gasteiger partial charge in [0.1, 0.15) is 5.82 Å². The highest BCUT2D eigenvalue weighted by atomic mass is 16.5. The number of rotatable bonds is 4. The Balaban J connectivity index is 1.60. The first-order chi connectivity index (χ1) is 9.78. The minimum absolute atomic E-state index is 0.240. The van der Waals surface area contributed by atoms with Gasteiger partial charge in [-0.05, 0) is 32.6 Å². The van der Waals surface area contributed by atoms with E-state index in [4.69, 9.17) is 4.74 Å². The molecule has 3 aliphatic rings. The minimum Gasteiger partial charge on any atom is -0.375 e. The van der Waals surface area contributed by atoms with Gasteiger partial charge >= 0.3 is 0 Å². The molecule has 108 valence electrons. The Labute approximate surface area is 119 Å². The summed E-state index contributed by atoms with van der Waals surface area (Å²) in [6.07, 6.45) is 5.13. The van der Waals surface area contributed by atoms with Gasteiger partial charge in [0.2, 0.25) is 11.9 Å². The van der Waals surface area contributed by atoms with Crippen LogP contribution in [0.5, 0.6) is 0 Å². The van der Waals surface area contributed by atoms with Crippen LogP contribution in [0.4, 0.5) is 11.9 Å². The quantitative estimate of drug-likeness (QED) is 0.899. The molecule has 2 aliphatic carbocycles. The first-order valence-corrected chi connectivity index (χ1v) is 7.67. The first-order valence-electron chi connectivity index (χ1n) is 7.67. The molecule has 6 nitrogen and oxygen atoms in total. The Morgan fingerprint density at radius 1 is 1.15 bits per heavy atom. The number of ether oxygens (including phenoxy) is 1. The van der Waals surface area contributed by atoms with E-state index in [-0.39, 0.29) is 6.10 Å². The van der Waals surface area contributed by atoms with Crippen LogP contribution in [0.2, 0.25) is 0 Å². The van der Waals surface area contributed by atoms with Crippen molar-refractivity contribution in [3.63, 3.8) is 0 Å². The largest absolute Gasteiger partial charge is 0.375 e. The number of hydrogen-bond donors (Lipinski definition) is 1. The number of nitrogens with one attached hydrogen (secondary N) is 1. The molecule has 3 fully saturated rings. The van der Waals surface area contributed by atoms with Crippen LogP contribution in [0.15, 0.2) is 0 Å². The molecule has 4 rings (SSSR count). The van der Waals surface area contributed by atoms with Crippen molar-refractivity contribution in [2.24, 2.45) is 0 Å². The molecule has 1 N–H and O–H groups in total. The molecule has 0 amide bonds. The second-order valence-electron chi connectivity index (χ2n) is 6.14. The molecule has 1 atom stereocenters. The Hall–Kier alpha value is -1.43. The maximum Gasteiger partial charge on any atom is 0.230 e. The van der Waals surface area contributed by atoms with Gasteiger partial charge in [-0.25, -0.2) is 0 Å². The molecule has 6 heteroatoms. The molecule has 1 aromatic heterocycles. The van der Waals surface area contributed by atoms with Crippen LogP contribution in [-0.2, 0) is 4.74 Å². The Bertz CT molecular complexity index is 500. The van der Waals surface area contributed by atoms with Crippen molar-refractivity contribution in [1.82, 2.24) is 15.0 Å². The van der Waals surface area contributed by atoms with Gasteiger partial charge in [0, 0.05) is 25.0 Å². The summed E-state index contributed by atoms with van der Waals surface area (Å²) in [5.41, 5.74) is 0. The SMILES string of the molecule is CC1CN(c2nc(NC3CC3)nc(C3CC3)n2)CCO1. The van der Waals surface area contributed by atoms with Crippen molar-refractivity contribution >= 4 is 11.9 Å². The van der Waals surface area contributed by atoms with Gasteiger partial charge in [-0.1, -0.05) is 0 Å². The lowest BCUT2D eigenvalue weighted by molar-refractivity contribution is 0.0526. The Kier molecular flexibility index (Phi) is 2.98. The van der Waals surface area contributed by atoms with E-state index >= 15 is 0 Å². The van der Waals surface area contributed by atoms with Crippen LogP contribution in [0.25, 0.3) is 0 Å². The van der Waals surface area contributed by atoms with Gasteiger partial charge in [0.05, 0.1) is 12.7 Å². The summed E-state index contributed by atoms with van der Waals surface area (Å²) < 4.78 is 5.60. The second kappa shape index (κ2) is 4.84. The fourth-order valence-corrected chi connectivity index (χ4v) is 2.52. The zero-order valence-corrected chi connectivity index (χ0v) is 11.9. The summed E-state index contributed by atoms with van der Waals surface area (Å²) >= 11 is 0. The average Bonchev–Trinajstić information content (AvgIpc) is 3.32. The first kappa shape index (κ1) is 12.3. The Morgan fingerprint density at radius 2 is 2.00 bits per heavy atom. The van der Waals surface area contributed by atoms with Crippen LogP contribution in [-0.4, -0.2) is 46.8 Å². The van der Waals surface area contributed by atoms with E-state index in [1.165, 1.54) is 25.7 Å². The molecule has 20 heavy (non-hydrogen) atoms. The maximum atomic E-state index is 5.60.